The monoisotopic (exact) mass is 596 g/mol. The number of Topliss-reactive ketones (excluding diaryl/α,β-unsaturated/α-hetero) is 1. The highest BCUT2D eigenvalue weighted by molar-refractivity contribution is 9.10. The number of hydrogen-bond donors (Lipinski definition) is 0. The Morgan fingerprint density at radius 1 is 1.00 bits per heavy atom. The van der Waals surface area contributed by atoms with Gasteiger partial charge in [-0.15, -0.1) is 0 Å². The molecule has 0 saturated heterocycles. The third-order valence-corrected chi connectivity index (χ3v) is 12.1. The van der Waals surface area contributed by atoms with E-state index in [4.69, 9.17) is 14.2 Å². The first-order valence-electron chi connectivity index (χ1n) is 14.5. The summed E-state index contributed by atoms with van der Waals surface area (Å²) in [6, 6.07) is 0. The van der Waals surface area contributed by atoms with Gasteiger partial charge in [-0.05, 0) is 86.9 Å². The van der Waals surface area contributed by atoms with E-state index in [-0.39, 0.29) is 87.1 Å². The van der Waals surface area contributed by atoms with Crippen LogP contribution in [0.15, 0.2) is 0 Å². The number of carbonyl (C=O) groups excluding carboxylic acids is 4. The van der Waals surface area contributed by atoms with Crippen LogP contribution in [0, 0.1) is 46.3 Å². The van der Waals surface area contributed by atoms with Gasteiger partial charge in [0.25, 0.3) is 0 Å². The molecular formula is C30H45BrO7. The third-order valence-electron chi connectivity index (χ3n) is 11.0. The first-order chi connectivity index (χ1) is 17.8. The fraction of sp³-hybridized carbons (Fsp3) is 0.867. The van der Waals surface area contributed by atoms with Crippen molar-refractivity contribution in [1.29, 1.82) is 0 Å². The van der Waals surface area contributed by atoms with Crippen LogP contribution < -0.4 is 0 Å². The number of carbonyl (C=O) groups is 4. The Balaban J connectivity index is 1.64. The summed E-state index contributed by atoms with van der Waals surface area (Å²) in [7, 11) is 0. The van der Waals surface area contributed by atoms with Crippen LogP contribution in [0.5, 0.6) is 0 Å². The van der Waals surface area contributed by atoms with E-state index in [0.29, 0.717) is 25.9 Å². The molecule has 0 unspecified atom stereocenters. The zero-order chi connectivity index (χ0) is 28.0. The van der Waals surface area contributed by atoms with E-state index in [1.807, 2.05) is 6.92 Å². The van der Waals surface area contributed by atoms with Gasteiger partial charge in [0.15, 0.2) is 0 Å². The highest BCUT2D eigenvalue weighted by Gasteiger charge is 2.68. The van der Waals surface area contributed by atoms with Gasteiger partial charge in [-0.2, -0.15) is 0 Å². The molecule has 0 N–H and O–H groups in total. The van der Waals surface area contributed by atoms with E-state index >= 15 is 0 Å². The molecule has 4 rings (SSSR count). The second-order valence-electron chi connectivity index (χ2n) is 12.9. The summed E-state index contributed by atoms with van der Waals surface area (Å²) in [6.45, 7) is 11.9. The van der Waals surface area contributed by atoms with Crippen molar-refractivity contribution >= 4 is 39.6 Å². The molecule has 0 amide bonds. The van der Waals surface area contributed by atoms with E-state index in [1.54, 1.807) is 0 Å². The zero-order valence-corrected chi connectivity index (χ0v) is 25.4. The van der Waals surface area contributed by atoms with Gasteiger partial charge in [-0.3, -0.25) is 19.2 Å². The van der Waals surface area contributed by atoms with Gasteiger partial charge in [-0.25, -0.2) is 0 Å². The van der Waals surface area contributed by atoms with Crippen LogP contribution >= 0.6 is 15.9 Å². The molecule has 8 heteroatoms. The molecule has 0 aromatic carbocycles. The lowest BCUT2D eigenvalue weighted by atomic mass is 9.43. The van der Waals surface area contributed by atoms with Crippen molar-refractivity contribution in [3.05, 3.63) is 0 Å². The lowest BCUT2D eigenvalue weighted by Gasteiger charge is -2.63. The summed E-state index contributed by atoms with van der Waals surface area (Å²) in [5.74, 6) is 0.235. The van der Waals surface area contributed by atoms with E-state index in [2.05, 4.69) is 36.7 Å². The minimum atomic E-state index is -0.332. The SMILES string of the molecule is CCOC(=O)CC[C@H](C)[C@H]1CC[C@@H]2[C@@H]3C(=O)[C@@H](Br)[C@@H]4C[C@H](OC(C)=O)CC[C@]4(C)[C@H]3C[C@H](OC(C)=O)[C@@]21C. The van der Waals surface area contributed by atoms with Gasteiger partial charge >= 0.3 is 17.9 Å². The summed E-state index contributed by atoms with van der Waals surface area (Å²) < 4.78 is 16.9. The Labute approximate surface area is 235 Å². The van der Waals surface area contributed by atoms with Crippen LogP contribution in [-0.2, 0) is 33.4 Å². The third kappa shape index (κ3) is 5.08. The topological polar surface area (TPSA) is 96.0 Å². The van der Waals surface area contributed by atoms with Gasteiger partial charge in [0, 0.05) is 31.6 Å². The predicted molar refractivity (Wildman–Crippen MR) is 145 cm³/mol. The minimum Gasteiger partial charge on any atom is -0.466 e. The Kier molecular flexibility index (Phi) is 8.71. The smallest absolute Gasteiger partial charge is 0.305 e. The molecule has 0 aromatic rings. The van der Waals surface area contributed by atoms with Crippen LogP contribution in [0.2, 0.25) is 0 Å². The molecule has 7 nitrogen and oxygen atoms in total. The normalized spacial score (nSPS) is 42.8. The number of fused-ring (bicyclic) bond motifs is 5. The number of alkyl halides is 1. The van der Waals surface area contributed by atoms with Gasteiger partial charge in [-0.1, -0.05) is 36.7 Å². The Morgan fingerprint density at radius 2 is 1.68 bits per heavy atom. The molecule has 214 valence electrons. The van der Waals surface area contributed by atoms with Crippen molar-refractivity contribution in [2.75, 3.05) is 6.61 Å². The molecule has 4 fully saturated rings. The molecule has 11 atom stereocenters. The summed E-state index contributed by atoms with van der Waals surface area (Å²) >= 11 is 3.83. The van der Waals surface area contributed by atoms with E-state index in [1.165, 1.54) is 13.8 Å². The minimum absolute atomic E-state index is 0.0670. The van der Waals surface area contributed by atoms with Crippen molar-refractivity contribution in [3.63, 3.8) is 0 Å². The van der Waals surface area contributed by atoms with Gasteiger partial charge in [0.05, 0.1) is 11.4 Å². The fourth-order valence-electron chi connectivity index (χ4n) is 9.31. The lowest BCUT2D eigenvalue weighted by molar-refractivity contribution is -0.196. The first kappa shape index (κ1) is 29.5. The predicted octanol–water partition coefficient (Wildman–Crippen LogP) is 5.65. The van der Waals surface area contributed by atoms with Crippen LogP contribution in [0.25, 0.3) is 0 Å². The molecule has 4 aliphatic carbocycles. The number of ketones is 1. The lowest BCUT2D eigenvalue weighted by Crippen LogP contribution is -2.64. The van der Waals surface area contributed by atoms with E-state index < -0.39 is 0 Å². The second-order valence-corrected chi connectivity index (χ2v) is 13.9. The van der Waals surface area contributed by atoms with Crippen molar-refractivity contribution in [2.45, 2.75) is 110 Å². The average Bonchev–Trinajstić information content (AvgIpc) is 3.20. The van der Waals surface area contributed by atoms with Crippen LogP contribution in [-0.4, -0.2) is 47.3 Å². The summed E-state index contributed by atoms with van der Waals surface area (Å²) in [6.07, 6.45) is 5.56. The van der Waals surface area contributed by atoms with Crippen molar-refractivity contribution < 1.29 is 33.4 Å². The van der Waals surface area contributed by atoms with Crippen molar-refractivity contribution in [3.8, 4) is 0 Å². The summed E-state index contributed by atoms with van der Waals surface area (Å²) in [5, 5.41) is 0. The van der Waals surface area contributed by atoms with Crippen LogP contribution in [0.4, 0.5) is 0 Å². The van der Waals surface area contributed by atoms with Gasteiger partial charge in [0.1, 0.15) is 18.0 Å². The maximum atomic E-state index is 14.1. The number of hydrogen-bond acceptors (Lipinski definition) is 7. The maximum Gasteiger partial charge on any atom is 0.305 e. The summed E-state index contributed by atoms with van der Waals surface area (Å²) in [5.41, 5.74) is -0.446. The number of rotatable bonds is 7. The highest BCUT2D eigenvalue weighted by Crippen LogP contribution is 2.68. The quantitative estimate of drug-likeness (QED) is 0.213. The molecule has 0 heterocycles. The molecular weight excluding hydrogens is 552 g/mol. The van der Waals surface area contributed by atoms with Gasteiger partial charge < -0.3 is 14.2 Å². The molecule has 38 heavy (non-hydrogen) atoms. The average molecular weight is 598 g/mol. The highest BCUT2D eigenvalue weighted by atomic mass is 79.9. The Morgan fingerprint density at radius 3 is 2.32 bits per heavy atom. The molecule has 4 aliphatic rings. The Bertz CT molecular complexity index is 951. The molecule has 0 aromatic heterocycles. The van der Waals surface area contributed by atoms with Crippen molar-refractivity contribution in [2.24, 2.45) is 46.3 Å². The molecule has 0 radical (unpaired) electrons. The van der Waals surface area contributed by atoms with E-state index in [0.717, 1.165) is 32.1 Å². The largest absolute Gasteiger partial charge is 0.466 e. The molecule has 0 bridgehead atoms. The number of halogens is 1. The molecule has 4 saturated carbocycles. The summed E-state index contributed by atoms with van der Waals surface area (Å²) in [4.78, 5) is 50.0. The number of esters is 3. The van der Waals surface area contributed by atoms with Crippen LogP contribution in [0.1, 0.15) is 92.9 Å². The molecule has 0 spiro atoms. The van der Waals surface area contributed by atoms with Gasteiger partial charge in [0.2, 0.25) is 0 Å². The van der Waals surface area contributed by atoms with E-state index in [9.17, 15) is 19.2 Å². The Hall–Kier alpha value is -1.44. The zero-order valence-electron chi connectivity index (χ0n) is 23.8. The molecule has 0 aliphatic heterocycles. The maximum absolute atomic E-state index is 14.1. The second kappa shape index (κ2) is 11.2. The number of ether oxygens (including phenoxy) is 3. The standard InChI is InChI=1S/C30H45BrO7/c1-7-36-25(34)11-8-16(2)20-9-10-21-26-22(15-24(30(20,21)6)38-18(4)33)29(5)13-12-19(37-17(3)32)14-23(29)27(31)28(26)35/h16,19-24,26-27H,7-15H2,1-6H3/t16-,19+,20+,21+,22-,23-,24-,26-,27-,29+,30+/m0/s1. The first-order valence-corrected chi connectivity index (χ1v) is 15.4. The fourth-order valence-corrected chi connectivity index (χ4v) is 10.4. The van der Waals surface area contributed by atoms with Crippen LogP contribution in [0.3, 0.4) is 0 Å². The van der Waals surface area contributed by atoms with Crippen molar-refractivity contribution in [1.82, 2.24) is 0 Å².